The van der Waals surface area contributed by atoms with Crippen molar-refractivity contribution in [3.8, 4) is 5.69 Å². The topological polar surface area (TPSA) is 81.3 Å². The fourth-order valence-electron chi connectivity index (χ4n) is 3.36. The van der Waals surface area contributed by atoms with E-state index < -0.39 is 0 Å². The van der Waals surface area contributed by atoms with E-state index in [0.717, 1.165) is 11.3 Å². The average molecular weight is 419 g/mol. The van der Waals surface area contributed by atoms with Gasteiger partial charge in [-0.15, -0.1) is 10.2 Å². The second kappa shape index (κ2) is 8.51. The minimum atomic E-state index is -0.371. The van der Waals surface area contributed by atoms with Crippen molar-refractivity contribution < 1.29 is 9.18 Å². The Balaban J connectivity index is 1.42. The molecule has 0 aliphatic heterocycles. The van der Waals surface area contributed by atoms with E-state index in [2.05, 4.69) is 15.5 Å². The Kier molecular flexibility index (Phi) is 5.62. The lowest BCUT2D eigenvalue weighted by Crippen LogP contribution is -2.20. The number of anilines is 1. The summed E-state index contributed by atoms with van der Waals surface area (Å²) >= 11 is 0. The number of nitrogens with zero attached hydrogens (tertiary/aromatic N) is 4. The van der Waals surface area contributed by atoms with Gasteiger partial charge in [-0.1, -0.05) is 6.07 Å². The van der Waals surface area contributed by atoms with Crippen molar-refractivity contribution in [2.24, 2.45) is 0 Å². The van der Waals surface area contributed by atoms with Crippen molar-refractivity contribution >= 4 is 17.2 Å². The van der Waals surface area contributed by atoms with E-state index in [9.17, 15) is 14.0 Å². The summed E-state index contributed by atoms with van der Waals surface area (Å²) in [7, 11) is 0. The molecule has 8 heteroatoms. The Labute approximate surface area is 178 Å². The van der Waals surface area contributed by atoms with Crippen LogP contribution in [0.4, 0.5) is 10.1 Å². The molecular weight excluding hydrogens is 397 g/mol. The molecule has 4 rings (SSSR count). The molecule has 2 aromatic heterocycles. The van der Waals surface area contributed by atoms with E-state index in [4.69, 9.17) is 0 Å². The van der Waals surface area contributed by atoms with Gasteiger partial charge in [-0.25, -0.2) is 4.39 Å². The molecule has 0 saturated heterocycles. The maximum Gasteiger partial charge on any atom is 0.300 e. The number of hydrogen-bond donors (Lipinski definition) is 1. The van der Waals surface area contributed by atoms with Gasteiger partial charge in [-0.3, -0.25) is 18.6 Å². The summed E-state index contributed by atoms with van der Waals surface area (Å²) in [6.07, 6.45) is 4.70. The Bertz CT molecular complexity index is 1310. The summed E-state index contributed by atoms with van der Waals surface area (Å²) in [5.41, 5.74) is 3.46. The van der Waals surface area contributed by atoms with E-state index in [1.807, 2.05) is 32.0 Å². The number of aryl methyl sites for hydroxylation is 3. The molecule has 0 atom stereocenters. The van der Waals surface area contributed by atoms with Crippen molar-refractivity contribution in [1.29, 1.82) is 0 Å². The summed E-state index contributed by atoms with van der Waals surface area (Å²) in [5.74, 6) is 0.164. The fraction of sp³-hybridized carbons (Fsp3) is 0.217. The highest BCUT2D eigenvalue weighted by molar-refractivity contribution is 5.90. The summed E-state index contributed by atoms with van der Waals surface area (Å²) < 4.78 is 16.2. The molecule has 4 aromatic rings. The number of fused-ring (bicyclic) bond motifs is 1. The maximum atomic E-state index is 13.1. The van der Waals surface area contributed by atoms with Crippen LogP contribution in [0.15, 0.2) is 59.7 Å². The second-order valence-corrected chi connectivity index (χ2v) is 7.46. The number of amides is 1. The van der Waals surface area contributed by atoms with Crippen LogP contribution in [0.1, 0.15) is 29.8 Å². The highest BCUT2D eigenvalue weighted by atomic mass is 19.1. The Morgan fingerprint density at radius 2 is 1.81 bits per heavy atom. The van der Waals surface area contributed by atoms with Gasteiger partial charge in [0.05, 0.1) is 0 Å². The standard InChI is InChI=1S/C23H22FN5O2/c1-15-6-9-18(14-16(15)2)25-21(30)5-3-4-20-26-27-22-23(31)28(12-13-29(20)22)19-10-7-17(24)8-11-19/h6-14H,3-5H2,1-2H3,(H,25,30). The Hall–Kier alpha value is -3.81. The second-order valence-electron chi connectivity index (χ2n) is 7.46. The van der Waals surface area contributed by atoms with Crippen LogP contribution in [0.3, 0.4) is 0 Å². The lowest BCUT2D eigenvalue weighted by molar-refractivity contribution is -0.116. The normalized spacial score (nSPS) is 11.1. The van der Waals surface area contributed by atoms with Gasteiger partial charge in [0.2, 0.25) is 11.6 Å². The molecule has 2 aromatic carbocycles. The van der Waals surface area contributed by atoms with Crippen molar-refractivity contribution in [3.63, 3.8) is 0 Å². The molecule has 0 saturated carbocycles. The third kappa shape index (κ3) is 4.37. The van der Waals surface area contributed by atoms with Crippen LogP contribution in [0.5, 0.6) is 0 Å². The van der Waals surface area contributed by atoms with Gasteiger partial charge in [-0.2, -0.15) is 0 Å². The van der Waals surface area contributed by atoms with Gasteiger partial charge < -0.3 is 5.32 Å². The van der Waals surface area contributed by atoms with E-state index in [-0.39, 0.29) is 22.9 Å². The predicted molar refractivity (Wildman–Crippen MR) is 116 cm³/mol. The molecule has 0 fully saturated rings. The molecule has 158 valence electrons. The lowest BCUT2D eigenvalue weighted by Gasteiger charge is -2.08. The van der Waals surface area contributed by atoms with Crippen LogP contribution in [0, 0.1) is 19.7 Å². The van der Waals surface area contributed by atoms with E-state index in [0.29, 0.717) is 30.8 Å². The molecule has 2 heterocycles. The number of nitrogens with one attached hydrogen (secondary N) is 1. The van der Waals surface area contributed by atoms with Gasteiger partial charge in [0, 0.05) is 36.6 Å². The predicted octanol–water partition coefficient (Wildman–Crippen LogP) is 3.60. The van der Waals surface area contributed by atoms with Crippen LogP contribution in [0.25, 0.3) is 11.3 Å². The molecular formula is C23H22FN5O2. The number of carbonyl (C=O) groups excluding carboxylic acids is 1. The molecule has 1 amide bonds. The SMILES string of the molecule is Cc1ccc(NC(=O)CCCc2nnc3c(=O)n(-c4ccc(F)cc4)ccn23)cc1C. The van der Waals surface area contributed by atoms with E-state index in [1.54, 1.807) is 16.8 Å². The number of hydrogen-bond acceptors (Lipinski definition) is 4. The first-order valence-corrected chi connectivity index (χ1v) is 10.0. The van der Waals surface area contributed by atoms with Crippen molar-refractivity contribution in [2.75, 3.05) is 5.32 Å². The summed E-state index contributed by atoms with van der Waals surface area (Å²) in [4.78, 5) is 25.0. The summed E-state index contributed by atoms with van der Waals surface area (Å²) in [6.45, 7) is 4.03. The van der Waals surface area contributed by atoms with Gasteiger partial charge in [-0.05, 0) is 67.8 Å². The molecule has 0 bridgehead atoms. The van der Waals surface area contributed by atoms with Crippen molar-refractivity contribution in [2.45, 2.75) is 33.1 Å². The highest BCUT2D eigenvalue weighted by Crippen LogP contribution is 2.15. The first-order chi connectivity index (χ1) is 14.9. The number of carbonyl (C=O) groups is 1. The number of benzene rings is 2. The van der Waals surface area contributed by atoms with E-state index >= 15 is 0 Å². The zero-order valence-corrected chi connectivity index (χ0v) is 17.3. The van der Waals surface area contributed by atoms with Crippen molar-refractivity contribution in [1.82, 2.24) is 19.2 Å². The van der Waals surface area contributed by atoms with Gasteiger partial charge >= 0.3 is 5.56 Å². The summed E-state index contributed by atoms with van der Waals surface area (Å²) in [5, 5.41) is 11.0. The van der Waals surface area contributed by atoms with Gasteiger partial charge in [0.1, 0.15) is 11.6 Å². The molecule has 0 aliphatic rings. The van der Waals surface area contributed by atoms with Crippen LogP contribution >= 0.6 is 0 Å². The fourth-order valence-corrected chi connectivity index (χ4v) is 3.36. The van der Waals surface area contributed by atoms with Gasteiger partial charge in [0.25, 0.3) is 0 Å². The molecule has 31 heavy (non-hydrogen) atoms. The third-order valence-corrected chi connectivity index (χ3v) is 5.24. The smallest absolute Gasteiger partial charge is 0.300 e. The third-order valence-electron chi connectivity index (χ3n) is 5.24. The Morgan fingerprint density at radius 3 is 2.55 bits per heavy atom. The monoisotopic (exact) mass is 419 g/mol. The number of halogens is 1. The first kappa shape index (κ1) is 20.5. The minimum absolute atomic E-state index is 0.0734. The van der Waals surface area contributed by atoms with Crippen molar-refractivity contribution in [3.05, 3.63) is 88.0 Å². The first-order valence-electron chi connectivity index (χ1n) is 10.0. The molecule has 0 aliphatic carbocycles. The highest BCUT2D eigenvalue weighted by Gasteiger charge is 2.12. The molecule has 7 nitrogen and oxygen atoms in total. The molecule has 0 radical (unpaired) electrons. The zero-order valence-electron chi connectivity index (χ0n) is 17.3. The summed E-state index contributed by atoms with van der Waals surface area (Å²) in [6, 6.07) is 11.5. The zero-order chi connectivity index (χ0) is 22.0. The van der Waals surface area contributed by atoms with Crippen LogP contribution < -0.4 is 10.9 Å². The molecule has 0 unspecified atom stereocenters. The van der Waals surface area contributed by atoms with Crippen LogP contribution in [-0.2, 0) is 11.2 Å². The largest absolute Gasteiger partial charge is 0.326 e. The average Bonchev–Trinajstić information content (AvgIpc) is 3.16. The van der Waals surface area contributed by atoms with Crippen LogP contribution in [0.2, 0.25) is 0 Å². The minimum Gasteiger partial charge on any atom is -0.326 e. The lowest BCUT2D eigenvalue weighted by atomic mass is 10.1. The van der Waals surface area contributed by atoms with Gasteiger partial charge in [0.15, 0.2) is 0 Å². The van der Waals surface area contributed by atoms with E-state index in [1.165, 1.54) is 34.4 Å². The number of rotatable bonds is 6. The quantitative estimate of drug-likeness (QED) is 0.518. The Morgan fingerprint density at radius 1 is 1.03 bits per heavy atom. The number of aromatic nitrogens is 4. The molecule has 1 N–H and O–H groups in total. The maximum absolute atomic E-state index is 13.1. The molecule has 0 spiro atoms. The van der Waals surface area contributed by atoms with Crippen LogP contribution in [-0.4, -0.2) is 25.1 Å².